The highest BCUT2D eigenvalue weighted by Gasteiger charge is 2.09. The molecule has 0 saturated carbocycles. The van der Waals surface area contributed by atoms with Gasteiger partial charge in [-0.1, -0.05) is 11.6 Å². The number of ether oxygens (including phenoxy) is 1. The predicted octanol–water partition coefficient (Wildman–Crippen LogP) is 3.53. The van der Waals surface area contributed by atoms with Crippen LogP contribution in [0.4, 0.5) is 0 Å². The van der Waals surface area contributed by atoms with Crippen molar-refractivity contribution in [3.05, 3.63) is 19.8 Å². The molecule has 5 heteroatoms. The normalized spacial score (nSPS) is 9.92. The molecule has 0 aliphatic carbocycles. The second-order valence-electron chi connectivity index (χ2n) is 1.99. The number of hydrogen-bond acceptors (Lipinski definition) is 3. The van der Waals surface area contributed by atoms with Crippen molar-refractivity contribution in [2.24, 2.45) is 0 Å². The summed E-state index contributed by atoms with van der Waals surface area (Å²) >= 11 is 10.4. The minimum absolute atomic E-state index is 0.176. The van der Waals surface area contributed by atoms with Gasteiger partial charge in [0.1, 0.15) is 4.34 Å². The second kappa shape index (κ2) is 4.25. The van der Waals surface area contributed by atoms with E-state index < -0.39 is 0 Å². The fourth-order valence-electron chi connectivity index (χ4n) is 0.674. The molecule has 1 aromatic heterocycles. The fraction of sp³-hybridized carbons (Fsp3) is 0.286. The lowest BCUT2D eigenvalue weighted by molar-refractivity contribution is 0.326. The SMILES string of the molecule is CCOC(=N)c1cc(Br)c(Cl)s1. The summed E-state index contributed by atoms with van der Waals surface area (Å²) in [6, 6.07) is 1.78. The lowest BCUT2D eigenvalue weighted by Gasteiger charge is -1.99. The van der Waals surface area contributed by atoms with E-state index in [1.165, 1.54) is 11.3 Å². The maximum absolute atomic E-state index is 7.45. The first-order valence-electron chi connectivity index (χ1n) is 3.31. The Morgan fingerprint density at radius 2 is 2.50 bits per heavy atom. The van der Waals surface area contributed by atoms with Gasteiger partial charge in [0.05, 0.1) is 11.5 Å². The van der Waals surface area contributed by atoms with Gasteiger partial charge in [-0.2, -0.15) is 0 Å². The molecule has 0 aromatic carbocycles. The molecule has 0 aliphatic heterocycles. The highest BCUT2D eigenvalue weighted by Crippen LogP contribution is 2.32. The molecule has 0 radical (unpaired) electrons. The third-order valence-electron chi connectivity index (χ3n) is 1.16. The summed E-state index contributed by atoms with van der Waals surface area (Å²) in [5.41, 5.74) is 0. The molecule has 0 saturated heterocycles. The topological polar surface area (TPSA) is 33.1 Å². The van der Waals surface area contributed by atoms with Crippen LogP contribution in [0, 0.1) is 5.41 Å². The molecule has 0 fully saturated rings. The van der Waals surface area contributed by atoms with E-state index in [1.807, 2.05) is 6.92 Å². The summed E-state index contributed by atoms with van der Waals surface area (Å²) in [6.45, 7) is 2.35. The number of thiophene rings is 1. The summed E-state index contributed by atoms with van der Waals surface area (Å²) in [7, 11) is 0. The van der Waals surface area contributed by atoms with Crippen LogP contribution in [0.2, 0.25) is 4.34 Å². The quantitative estimate of drug-likeness (QED) is 0.646. The fourth-order valence-corrected chi connectivity index (χ4v) is 2.28. The van der Waals surface area contributed by atoms with Crippen LogP contribution in [0.3, 0.4) is 0 Å². The number of rotatable bonds is 2. The van der Waals surface area contributed by atoms with Gasteiger partial charge < -0.3 is 4.74 Å². The maximum Gasteiger partial charge on any atom is 0.223 e. The van der Waals surface area contributed by atoms with E-state index in [4.69, 9.17) is 21.7 Å². The first-order chi connectivity index (χ1) is 5.65. The average molecular weight is 269 g/mol. The molecule has 66 valence electrons. The second-order valence-corrected chi connectivity index (χ2v) is 4.50. The molecular weight excluding hydrogens is 262 g/mol. The van der Waals surface area contributed by atoms with Crippen molar-refractivity contribution in [3.8, 4) is 0 Å². The van der Waals surface area contributed by atoms with Crippen LogP contribution < -0.4 is 0 Å². The van der Waals surface area contributed by atoms with E-state index in [-0.39, 0.29) is 5.90 Å². The van der Waals surface area contributed by atoms with Crippen molar-refractivity contribution in [3.63, 3.8) is 0 Å². The van der Waals surface area contributed by atoms with Crippen LogP contribution in [0.25, 0.3) is 0 Å². The Morgan fingerprint density at radius 3 is 2.92 bits per heavy atom. The standard InChI is InChI=1S/C7H7BrClNOS/c1-2-11-7(10)5-3-4(8)6(9)12-5/h3,10H,2H2,1H3. The van der Waals surface area contributed by atoms with Crippen LogP contribution >= 0.6 is 38.9 Å². The van der Waals surface area contributed by atoms with E-state index in [0.29, 0.717) is 10.9 Å². The molecule has 1 N–H and O–H groups in total. The summed E-state index contributed by atoms with van der Waals surface area (Å²) in [4.78, 5) is 0.744. The number of halogens is 2. The van der Waals surface area contributed by atoms with Gasteiger partial charge in [-0.3, -0.25) is 5.41 Å². The third-order valence-corrected chi connectivity index (χ3v) is 3.63. The van der Waals surface area contributed by atoms with Gasteiger partial charge in [0.15, 0.2) is 0 Å². The van der Waals surface area contributed by atoms with Crippen molar-refractivity contribution in [2.45, 2.75) is 6.92 Å². The van der Waals surface area contributed by atoms with Crippen LogP contribution in [0.15, 0.2) is 10.5 Å². The highest BCUT2D eigenvalue weighted by atomic mass is 79.9. The van der Waals surface area contributed by atoms with E-state index in [1.54, 1.807) is 6.07 Å². The zero-order valence-corrected chi connectivity index (χ0v) is 9.52. The lowest BCUT2D eigenvalue weighted by atomic mass is 10.5. The summed E-state index contributed by atoms with van der Waals surface area (Å²) in [6.07, 6.45) is 0. The Balaban J connectivity index is 2.82. The Labute approximate surface area is 88.1 Å². The van der Waals surface area contributed by atoms with Gasteiger partial charge in [0, 0.05) is 4.47 Å². The van der Waals surface area contributed by atoms with Crippen LogP contribution in [0.5, 0.6) is 0 Å². The van der Waals surface area contributed by atoms with Gasteiger partial charge in [0.25, 0.3) is 0 Å². The Hall–Kier alpha value is -0.0600. The minimum atomic E-state index is 0.176. The van der Waals surface area contributed by atoms with Gasteiger partial charge in [-0.25, -0.2) is 0 Å². The molecule has 1 aromatic rings. The van der Waals surface area contributed by atoms with E-state index in [9.17, 15) is 0 Å². The van der Waals surface area contributed by atoms with Crippen molar-refractivity contribution >= 4 is 44.8 Å². The van der Waals surface area contributed by atoms with Gasteiger partial charge in [0.2, 0.25) is 5.90 Å². The van der Waals surface area contributed by atoms with Crippen LogP contribution in [0.1, 0.15) is 11.8 Å². The first-order valence-corrected chi connectivity index (χ1v) is 5.30. The summed E-state index contributed by atoms with van der Waals surface area (Å²) in [5, 5.41) is 7.45. The van der Waals surface area contributed by atoms with Crippen molar-refractivity contribution in [1.29, 1.82) is 5.41 Å². The minimum Gasteiger partial charge on any atom is -0.477 e. The molecule has 0 spiro atoms. The van der Waals surface area contributed by atoms with Crippen molar-refractivity contribution in [2.75, 3.05) is 6.61 Å². The van der Waals surface area contributed by atoms with E-state index in [2.05, 4.69) is 15.9 Å². The molecule has 12 heavy (non-hydrogen) atoms. The van der Waals surface area contributed by atoms with Crippen molar-refractivity contribution in [1.82, 2.24) is 0 Å². The van der Waals surface area contributed by atoms with E-state index in [0.717, 1.165) is 9.35 Å². The molecule has 0 amide bonds. The van der Waals surface area contributed by atoms with Crippen molar-refractivity contribution < 1.29 is 4.74 Å². The predicted molar refractivity (Wildman–Crippen MR) is 55.5 cm³/mol. The van der Waals surface area contributed by atoms with Crippen LogP contribution in [-0.4, -0.2) is 12.5 Å². The molecule has 0 unspecified atom stereocenters. The van der Waals surface area contributed by atoms with E-state index >= 15 is 0 Å². The van der Waals surface area contributed by atoms with Crippen LogP contribution in [-0.2, 0) is 4.74 Å². The molecule has 1 heterocycles. The Morgan fingerprint density at radius 1 is 1.83 bits per heavy atom. The summed E-state index contributed by atoms with van der Waals surface area (Å²) in [5.74, 6) is 0.176. The maximum atomic E-state index is 7.45. The first kappa shape index (κ1) is 10.0. The third kappa shape index (κ3) is 2.21. The molecule has 0 atom stereocenters. The van der Waals surface area contributed by atoms with Gasteiger partial charge >= 0.3 is 0 Å². The molecular formula is C7H7BrClNOS. The number of hydrogen-bond donors (Lipinski definition) is 1. The molecule has 0 bridgehead atoms. The molecule has 2 nitrogen and oxygen atoms in total. The van der Waals surface area contributed by atoms with Gasteiger partial charge in [-0.05, 0) is 28.9 Å². The highest BCUT2D eigenvalue weighted by molar-refractivity contribution is 9.10. The smallest absolute Gasteiger partial charge is 0.223 e. The molecule has 1 rings (SSSR count). The Kier molecular flexibility index (Phi) is 3.55. The zero-order chi connectivity index (χ0) is 9.14. The monoisotopic (exact) mass is 267 g/mol. The average Bonchev–Trinajstić information content (AvgIpc) is 2.33. The summed E-state index contributed by atoms with van der Waals surface area (Å²) < 4.78 is 6.47. The van der Waals surface area contributed by atoms with Gasteiger partial charge in [-0.15, -0.1) is 11.3 Å². The largest absolute Gasteiger partial charge is 0.477 e. The Bertz CT molecular complexity index is 280. The zero-order valence-electron chi connectivity index (χ0n) is 6.36. The number of nitrogens with one attached hydrogen (secondary N) is 1. The lowest BCUT2D eigenvalue weighted by Crippen LogP contribution is -2.01. The molecule has 0 aliphatic rings.